The van der Waals surface area contributed by atoms with E-state index in [-0.39, 0.29) is 18.4 Å². The summed E-state index contributed by atoms with van der Waals surface area (Å²) in [4.78, 5) is 26.2. The molecule has 0 radical (unpaired) electrons. The number of nitrogens with one attached hydrogen (secondary N) is 2. The fourth-order valence-electron chi connectivity index (χ4n) is 2.24. The molecule has 0 saturated heterocycles. The average Bonchev–Trinajstić information content (AvgIpc) is 2.63. The molecule has 0 heterocycles. The van der Waals surface area contributed by atoms with Crippen LogP contribution in [0.4, 0.5) is 11.4 Å². The van der Waals surface area contributed by atoms with Crippen LogP contribution in [0.5, 0.6) is 5.75 Å². The number of anilines is 2. The number of hydrogen-bond donors (Lipinski definition) is 2. The SMILES string of the molecule is COc1cccc(NC(=O)[C@@H](C)N(C)CC(=O)Nc2ccc(Cl)cc2)c1. The van der Waals surface area contributed by atoms with Crippen LogP contribution < -0.4 is 15.4 Å². The maximum Gasteiger partial charge on any atom is 0.241 e. The van der Waals surface area contributed by atoms with E-state index in [9.17, 15) is 9.59 Å². The van der Waals surface area contributed by atoms with Gasteiger partial charge in [-0.3, -0.25) is 14.5 Å². The minimum atomic E-state index is -0.489. The number of carbonyl (C=O) groups is 2. The van der Waals surface area contributed by atoms with E-state index in [1.807, 2.05) is 0 Å². The minimum absolute atomic E-state index is 0.0787. The second kappa shape index (κ2) is 9.22. The lowest BCUT2D eigenvalue weighted by molar-refractivity contribution is -0.122. The molecule has 0 fully saturated rings. The number of methoxy groups -OCH3 is 1. The third-order valence-electron chi connectivity index (χ3n) is 3.90. The van der Waals surface area contributed by atoms with Crippen molar-refractivity contribution in [2.24, 2.45) is 0 Å². The number of benzene rings is 2. The van der Waals surface area contributed by atoms with Gasteiger partial charge in [0.25, 0.3) is 0 Å². The third kappa shape index (κ3) is 5.75. The van der Waals surface area contributed by atoms with Gasteiger partial charge in [-0.25, -0.2) is 0 Å². The molecule has 0 saturated carbocycles. The zero-order chi connectivity index (χ0) is 19.1. The highest BCUT2D eigenvalue weighted by Gasteiger charge is 2.20. The van der Waals surface area contributed by atoms with Gasteiger partial charge in [-0.05, 0) is 50.4 Å². The molecule has 7 heteroatoms. The molecule has 2 amide bonds. The van der Waals surface area contributed by atoms with Crippen LogP contribution in [0, 0.1) is 0 Å². The summed E-state index contributed by atoms with van der Waals surface area (Å²) >= 11 is 5.82. The number of rotatable bonds is 7. The van der Waals surface area contributed by atoms with Crippen molar-refractivity contribution in [3.05, 3.63) is 53.6 Å². The maximum atomic E-state index is 12.4. The molecule has 0 aromatic heterocycles. The Morgan fingerprint density at radius 1 is 1.12 bits per heavy atom. The highest BCUT2D eigenvalue weighted by Crippen LogP contribution is 2.17. The van der Waals surface area contributed by atoms with Gasteiger partial charge in [0.1, 0.15) is 5.75 Å². The predicted octanol–water partition coefficient (Wildman–Crippen LogP) is 3.25. The molecular weight excluding hydrogens is 354 g/mol. The molecule has 138 valence electrons. The fraction of sp³-hybridized carbons (Fsp3) is 0.263. The Hall–Kier alpha value is -2.57. The molecular formula is C19H22ClN3O3. The molecule has 0 spiro atoms. The number of halogens is 1. The van der Waals surface area contributed by atoms with Crippen LogP contribution in [0.2, 0.25) is 5.02 Å². The van der Waals surface area contributed by atoms with E-state index in [1.54, 1.807) is 74.5 Å². The molecule has 2 aromatic rings. The second-order valence-electron chi connectivity index (χ2n) is 5.87. The quantitative estimate of drug-likeness (QED) is 0.779. The van der Waals surface area contributed by atoms with Crippen molar-refractivity contribution >= 4 is 34.8 Å². The Bertz CT molecular complexity index is 765. The summed E-state index contributed by atoms with van der Waals surface area (Å²) in [6.07, 6.45) is 0. The lowest BCUT2D eigenvalue weighted by atomic mass is 10.2. The summed E-state index contributed by atoms with van der Waals surface area (Å²) < 4.78 is 5.14. The van der Waals surface area contributed by atoms with Gasteiger partial charge in [-0.2, -0.15) is 0 Å². The lowest BCUT2D eigenvalue weighted by Crippen LogP contribution is -2.43. The van der Waals surface area contributed by atoms with Crippen molar-refractivity contribution in [1.82, 2.24) is 4.90 Å². The minimum Gasteiger partial charge on any atom is -0.497 e. The summed E-state index contributed by atoms with van der Waals surface area (Å²) in [6.45, 7) is 1.82. The molecule has 0 aliphatic rings. The van der Waals surface area contributed by atoms with Gasteiger partial charge in [0.05, 0.1) is 19.7 Å². The first-order chi connectivity index (χ1) is 12.4. The third-order valence-corrected chi connectivity index (χ3v) is 4.15. The summed E-state index contributed by atoms with van der Waals surface area (Å²) in [5.41, 5.74) is 1.29. The Labute approximate surface area is 158 Å². The smallest absolute Gasteiger partial charge is 0.241 e. The fourth-order valence-corrected chi connectivity index (χ4v) is 2.37. The molecule has 0 aliphatic heterocycles. The summed E-state index contributed by atoms with van der Waals surface area (Å²) in [5, 5.41) is 6.19. The van der Waals surface area contributed by atoms with E-state index in [0.29, 0.717) is 22.1 Å². The van der Waals surface area contributed by atoms with E-state index in [2.05, 4.69) is 10.6 Å². The van der Waals surface area contributed by atoms with Gasteiger partial charge in [-0.15, -0.1) is 0 Å². The maximum absolute atomic E-state index is 12.4. The molecule has 6 nitrogen and oxygen atoms in total. The molecule has 2 rings (SSSR count). The van der Waals surface area contributed by atoms with Crippen LogP contribution in [0.15, 0.2) is 48.5 Å². The van der Waals surface area contributed by atoms with Crippen LogP contribution in [0.1, 0.15) is 6.92 Å². The largest absolute Gasteiger partial charge is 0.497 e. The van der Waals surface area contributed by atoms with E-state index >= 15 is 0 Å². The van der Waals surface area contributed by atoms with Gasteiger partial charge in [0.2, 0.25) is 11.8 Å². The molecule has 1 atom stereocenters. The van der Waals surface area contributed by atoms with Crippen molar-refractivity contribution in [3.63, 3.8) is 0 Å². The molecule has 2 N–H and O–H groups in total. The highest BCUT2D eigenvalue weighted by atomic mass is 35.5. The van der Waals surface area contributed by atoms with Gasteiger partial charge in [0, 0.05) is 22.5 Å². The van der Waals surface area contributed by atoms with Gasteiger partial charge in [0.15, 0.2) is 0 Å². The number of ether oxygens (including phenoxy) is 1. The molecule has 0 unspecified atom stereocenters. The number of carbonyl (C=O) groups excluding carboxylic acids is 2. The lowest BCUT2D eigenvalue weighted by Gasteiger charge is -2.23. The predicted molar refractivity (Wildman–Crippen MR) is 104 cm³/mol. The first-order valence-electron chi connectivity index (χ1n) is 8.09. The van der Waals surface area contributed by atoms with Crippen LogP contribution in [0.25, 0.3) is 0 Å². The van der Waals surface area contributed by atoms with E-state index in [4.69, 9.17) is 16.3 Å². The van der Waals surface area contributed by atoms with Gasteiger partial charge >= 0.3 is 0 Å². The summed E-state index contributed by atoms with van der Waals surface area (Å²) in [7, 11) is 3.29. The first kappa shape index (κ1) is 19.8. The van der Waals surface area contributed by atoms with Crippen molar-refractivity contribution in [2.45, 2.75) is 13.0 Å². The molecule has 0 aliphatic carbocycles. The van der Waals surface area contributed by atoms with Crippen LogP contribution in [0.3, 0.4) is 0 Å². The Morgan fingerprint density at radius 2 is 1.81 bits per heavy atom. The van der Waals surface area contributed by atoms with Gasteiger partial charge < -0.3 is 15.4 Å². The monoisotopic (exact) mass is 375 g/mol. The van der Waals surface area contributed by atoms with Crippen LogP contribution in [-0.4, -0.2) is 43.5 Å². The normalized spacial score (nSPS) is 11.7. The van der Waals surface area contributed by atoms with E-state index < -0.39 is 6.04 Å². The molecule has 26 heavy (non-hydrogen) atoms. The summed E-state index contributed by atoms with van der Waals surface area (Å²) in [6, 6.07) is 13.5. The van der Waals surface area contributed by atoms with E-state index in [1.165, 1.54) is 0 Å². The zero-order valence-corrected chi connectivity index (χ0v) is 15.7. The van der Waals surface area contributed by atoms with Crippen molar-refractivity contribution in [2.75, 3.05) is 31.3 Å². The molecule has 2 aromatic carbocycles. The number of amides is 2. The van der Waals surface area contributed by atoms with Crippen LogP contribution >= 0.6 is 11.6 Å². The first-order valence-corrected chi connectivity index (χ1v) is 8.47. The van der Waals surface area contributed by atoms with Crippen molar-refractivity contribution in [1.29, 1.82) is 0 Å². The number of likely N-dealkylation sites (N-methyl/N-ethyl adjacent to an activating group) is 1. The average molecular weight is 376 g/mol. The standard InChI is InChI=1S/C19H22ClN3O3/c1-13(19(25)22-16-5-4-6-17(11-16)26-3)23(2)12-18(24)21-15-9-7-14(20)8-10-15/h4-11,13H,12H2,1-3H3,(H,21,24)(H,22,25)/t13-/m1/s1. The summed E-state index contributed by atoms with van der Waals surface area (Å²) in [5.74, 6) is 0.238. The van der Waals surface area contributed by atoms with Crippen molar-refractivity contribution < 1.29 is 14.3 Å². The van der Waals surface area contributed by atoms with Crippen molar-refractivity contribution in [3.8, 4) is 5.75 Å². The number of nitrogens with zero attached hydrogens (tertiary/aromatic N) is 1. The second-order valence-corrected chi connectivity index (χ2v) is 6.30. The number of hydrogen-bond acceptors (Lipinski definition) is 4. The van der Waals surface area contributed by atoms with E-state index in [0.717, 1.165) is 0 Å². The van der Waals surface area contributed by atoms with Gasteiger partial charge in [-0.1, -0.05) is 17.7 Å². The topological polar surface area (TPSA) is 70.7 Å². The zero-order valence-electron chi connectivity index (χ0n) is 15.0. The Balaban J connectivity index is 1.88. The molecule has 0 bridgehead atoms. The highest BCUT2D eigenvalue weighted by molar-refractivity contribution is 6.30. The Morgan fingerprint density at radius 3 is 2.46 bits per heavy atom. The Kier molecular flexibility index (Phi) is 7.00. The van der Waals surface area contributed by atoms with Crippen LogP contribution in [-0.2, 0) is 9.59 Å².